The van der Waals surface area contributed by atoms with Gasteiger partial charge in [-0.05, 0) is 31.2 Å². The number of aromatic nitrogens is 1. The van der Waals surface area contributed by atoms with Crippen LogP contribution in [0.1, 0.15) is 27.6 Å². The van der Waals surface area contributed by atoms with Crippen molar-refractivity contribution in [3.05, 3.63) is 53.7 Å². The fourth-order valence-corrected chi connectivity index (χ4v) is 1.88. The van der Waals surface area contributed by atoms with Gasteiger partial charge >= 0.3 is 5.97 Å². The van der Waals surface area contributed by atoms with E-state index in [0.29, 0.717) is 23.4 Å². The summed E-state index contributed by atoms with van der Waals surface area (Å²) in [5, 5.41) is 11.9. The van der Waals surface area contributed by atoms with Gasteiger partial charge in [-0.25, -0.2) is 4.79 Å². The number of nitrogens with one attached hydrogen (secondary N) is 1. The molecule has 0 spiro atoms. The first-order valence-electron chi connectivity index (χ1n) is 6.20. The maximum atomic E-state index is 11.8. The summed E-state index contributed by atoms with van der Waals surface area (Å²) in [5.41, 5.74) is 1.55. The molecule has 0 saturated heterocycles. The normalized spacial score (nSPS) is 10.1. The van der Waals surface area contributed by atoms with Crippen LogP contribution in [0.25, 0.3) is 11.3 Å². The first-order valence-corrected chi connectivity index (χ1v) is 6.20. The largest absolute Gasteiger partial charge is 0.478 e. The van der Waals surface area contributed by atoms with Crippen molar-refractivity contribution in [3.63, 3.8) is 0 Å². The van der Waals surface area contributed by atoms with Crippen molar-refractivity contribution in [2.24, 2.45) is 0 Å². The van der Waals surface area contributed by atoms with E-state index in [1.165, 1.54) is 12.3 Å². The molecule has 1 heterocycles. The second kappa shape index (κ2) is 5.97. The summed E-state index contributed by atoms with van der Waals surface area (Å²) in [6.07, 6.45) is 1.53. The molecule has 2 rings (SSSR count). The van der Waals surface area contributed by atoms with Crippen LogP contribution in [-0.2, 0) is 0 Å². The molecular formula is C15H14N2O3. The molecule has 1 amide bonds. The standard InChI is InChI=1S/C15H14N2O3/c1-2-16-14(18)11-6-3-5-10(9-11)13-12(15(19)20)7-4-8-17-13/h3-9H,2H2,1H3,(H,16,18)(H,19,20). The quantitative estimate of drug-likeness (QED) is 0.892. The SMILES string of the molecule is CCNC(=O)c1cccc(-c2ncccc2C(=O)O)c1. The van der Waals surface area contributed by atoms with Crippen LogP contribution in [0.4, 0.5) is 0 Å². The third kappa shape index (κ3) is 2.83. The number of hydrogen-bond acceptors (Lipinski definition) is 3. The lowest BCUT2D eigenvalue weighted by Crippen LogP contribution is -2.22. The van der Waals surface area contributed by atoms with Crippen molar-refractivity contribution in [2.45, 2.75) is 6.92 Å². The molecule has 2 N–H and O–H groups in total. The number of aromatic carboxylic acids is 1. The van der Waals surface area contributed by atoms with Crippen LogP contribution in [0.15, 0.2) is 42.6 Å². The van der Waals surface area contributed by atoms with Crippen molar-refractivity contribution in [1.29, 1.82) is 0 Å². The molecule has 5 heteroatoms. The van der Waals surface area contributed by atoms with Crippen LogP contribution in [0.2, 0.25) is 0 Å². The minimum atomic E-state index is -1.04. The van der Waals surface area contributed by atoms with E-state index in [0.717, 1.165) is 0 Å². The smallest absolute Gasteiger partial charge is 0.337 e. The zero-order chi connectivity index (χ0) is 14.5. The first kappa shape index (κ1) is 13.7. The molecule has 0 fully saturated rings. The van der Waals surface area contributed by atoms with Crippen LogP contribution in [0.5, 0.6) is 0 Å². The topological polar surface area (TPSA) is 79.3 Å². The minimum Gasteiger partial charge on any atom is -0.478 e. The summed E-state index contributed by atoms with van der Waals surface area (Å²) in [6.45, 7) is 2.37. The molecule has 0 radical (unpaired) electrons. The van der Waals surface area contributed by atoms with E-state index in [9.17, 15) is 14.7 Å². The number of hydrogen-bond donors (Lipinski definition) is 2. The average molecular weight is 270 g/mol. The van der Waals surface area contributed by atoms with E-state index in [1.807, 2.05) is 6.92 Å². The number of carboxylic acid groups (broad SMARTS) is 1. The summed E-state index contributed by atoms with van der Waals surface area (Å²) in [5.74, 6) is -1.24. The average Bonchev–Trinajstić information content (AvgIpc) is 2.47. The van der Waals surface area contributed by atoms with Gasteiger partial charge in [-0.1, -0.05) is 12.1 Å². The van der Waals surface area contributed by atoms with Gasteiger partial charge in [-0.2, -0.15) is 0 Å². The molecule has 0 aliphatic rings. The second-order valence-electron chi connectivity index (χ2n) is 4.14. The Balaban J connectivity index is 2.46. The van der Waals surface area contributed by atoms with Gasteiger partial charge in [0.1, 0.15) is 0 Å². The van der Waals surface area contributed by atoms with Crippen LogP contribution in [-0.4, -0.2) is 28.5 Å². The molecule has 0 bridgehead atoms. The Bertz CT molecular complexity index is 653. The fraction of sp³-hybridized carbons (Fsp3) is 0.133. The summed E-state index contributed by atoms with van der Waals surface area (Å²) >= 11 is 0. The van der Waals surface area contributed by atoms with E-state index < -0.39 is 5.97 Å². The lowest BCUT2D eigenvalue weighted by molar-refractivity contribution is 0.0697. The van der Waals surface area contributed by atoms with E-state index >= 15 is 0 Å². The Kier molecular flexibility index (Phi) is 4.10. The number of pyridine rings is 1. The Morgan fingerprint density at radius 2 is 2.05 bits per heavy atom. The highest BCUT2D eigenvalue weighted by atomic mass is 16.4. The number of rotatable bonds is 4. The summed E-state index contributed by atoms with van der Waals surface area (Å²) in [7, 11) is 0. The maximum absolute atomic E-state index is 11.8. The first-order chi connectivity index (χ1) is 9.63. The van der Waals surface area contributed by atoms with Gasteiger partial charge in [0.05, 0.1) is 11.3 Å². The van der Waals surface area contributed by atoms with E-state index in [4.69, 9.17) is 0 Å². The Morgan fingerprint density at radius 1 is 1.25 bits per heavy atom. The van der Waals surface area contributed by atoms with Crippen molar-refractivity contribution >= 4 is 11.9 Å². The van der Waals surface area contributed by atoms with E-state index in [-0.39, 0.29) is 11.5 Å². The Morgan fingerprint density at radius 3 is 2.75 bits per heavy atom. The van der Waals surface area contributed by atoms with Crippen LogP contribution in [0.3, 0.4) is 0 Å². The van der Waals surface area contributed by atoms with Crippen LogP contribution in [0, 0.1) is 0 Å². The molecule has 0 aliphatic heterocycles. The predicted molar refractivity (Wildman–Crippen MR) is 74.6 cm³/mol. The lowest BCUT2D eigenvalue weighted by atomic mass is 10.0. The van der Waals surface area contributed by atoms with Gasteiger partial charge in [-0.3, -0.25) is 9.78 Å². The zero-order valence-corrected chi connectivity index (χ0v) is 11.0. The highest BCUT2D eigenvalue weighted by molar-refractivity contribution is 5.97. The number of carbonyl (C=O) groups is 2. The Labute approximate surface area is 116 Å². The molecule has 20 heavy (non-hydrogen) atoms. The van der Waals surface area contributed by atoms with Crippen molar-refractivity contribution in [1.82, 2.24) is 10.3 Å². The molecule has 0 aliphatic carbocycles. The monoisotopic (exact) mass is 270 g/mol. The fourth-order valence-electron chi connectivity index (χ4n) is 1.88. The van der Waals surface area contributed by atoms with Gasteiger partial charge in [-0.15, -0.1) is 0 Å². The molecule has 0 atom stereocenters. The van der Waals surface area contributed by atoms with Crippen molar-refractivity contribution < 1.29 is 14.7 Å². The second-order valence-corrected chi connectivity index (χ2v) is 4.14. The molecule has 102 valence electrons. The number of carboxylic acids is 1. The molecule has 0 unspecified atom stereocenters. The molecular weight excluding hydrogens is 256 g/mol. The Hall–Kier alpha value is -2.69. The zero-order valence-electron chi connectivity index (χ0n) is 11.0. The molecule has 1 aromatic heterocycles. The highest BCUT2D eigenvalue weighted by Gasteiger charge is 2.13. The third-order valence-corrected chi connectivity index (χ3v) is 2.77. The third-order valence-electron chi connectivity index (χ3n) is 2.77. The van der Waals surface area contributed by atoms with Crippen molar-refractivity contribution in [2.75, 3.05) is 6.54 Å². The summed E-state index contributed by atoms with van der Waals surface area (Å²) in [4.78, 5) is 27.1. The van der Waals surface area contributed by atoms with Crippen molar-refractivity contribution in [3.8, 4) is 11.3 Å². The van der Waals surface area contributed by atoms with Gasteiger partial charge in [0.15, 0.2) is 0 Å². The summed E-state index contributed by atoms with van der Waals surface area (Å²) < 4.78 is 0. The van der Waals surface area contributed by atoms with E-state index in [2.05, 4.69) is 10.3 Å². The maximum Gasteiger partial charge on any atom is 0.337 e. The van der Waals surface area contributed by atoms with Crippen LogP contribution < -0.4 is 5.32 Å². The molecule has 2 aromatic rings. The number of nitrogens with zero attached hydrogens (tertiary/aromatic N) is 1. The van der Waals surface area contributed by atoms with Crippen LogP contribution >= 0.6 is 0 Å². The number of carbonyl (C=O) groups excluding carboxylic acids is 1. The van der Waals surface area contributed by atoms with Gasteiger partial charge in [0.25, 0.3) is 5.91 Å². The number of amides is 1. The van der Waals surface area contributed by atoms with Gasteiger partial charge in [0.2, 0.25) is 0 Å². The predicted octanol–water partition coefficient (Wildman–Crippen LogP) is 2.20. The van der Waals surface area contributed by atoms with E-state index in [1.54, 1.807) is 30.3 Å². The molecule has 0 saturated carbocycles. The summed E-state index contributed by atoms with van der Waals surface area (Å²) in [6, 6.07) is 9.82. The van der Waals surface area contributed by atoms with Gasteiger partial charge < -0.3 is 10.4 Å². The van der Waals surface area contributed by atoms with Gasteiger partial charge in [0, 0.05) is 23.9 Å². The lowest BCUT2D eigenvalue weighted by Gasteiger charge is -2.07. The highest BCUT2D eigenvalue weighted by Crippen LogP contribution is 2.22. The number of benzene rings is 1. The molecule has 5 nitrogen and oxygen atoms in total. The minimum absolute atomic E-state index is 0.112. The molecule has 1 aromatic carbocycles.